The van der Waals surface area contributed by atoms with Crippen LogP contribution in [-0.2, 0) is 20.5 Å². The van der Waals surface area contributed by atoms with E-state index in [-0.39, 0.29) is 30.1 Å². The third-order valence-corrected chi connectivity index (χ3v) is 5.72. The Balaban J connectivity index is 1.95. The molecule has 0 aromatic heterocycles. The number of amides is 1. The number of hydrogen-bond donors (Lipinski definition) is 1. The van der Waals surface area contributed by atoms with Crippen LogP contribution >= 0.6 is 0 Å². The van der Waals surface area contributed by atoms with Crippen LogP contribution in [0.2, 0.25) is 0 Å². The van der Waals surface area contributed by atoms with Gasteiger partial charge in [0.2, 0.25) is 5.91 Å². The summed E-state index contributed by atoms with van der Waals surface area (Å²) in [4.78, 5) is 11.8. The van der Waals surface area contributed by atoms with Crippen molar-refractivity contribution in [2.45, 2.75) is 77.9 Å². The normalized spacial score (nSPS) is 19.5. The molecule has 1 unspecified atom stereocenters. The molecule has 4 nitrogen and oxygen atoms in total. The third kappa shape index (κ3) is 5.69. The summed E-state index contributed by atoms with van der Waals surface area (Å²) in [7, 11) is -0.360. The Hall–Kier alpha value is -1.59. The maximum absolute atomic E-state index is 11.8. The van der Waals surface area contributed by atoms with Gasteiger partial charge >= 0.3 is 7.12 Å². The molecule has 0 spiro atoms. The van der Waals surface area contributed by atoms with Crippen LogP contribution in [0.1, 0.15) is 65.9 Å². The van der Waals surface area contributed by atoms with E-state index in [1.165, 1.54) is 0 Å². The van der Waals surface area contributed by atoms with Gasteiger partial charge in [0, 0.05) is 5.92 Å². The molecule has 1 aromatic rings. The van der Waals surface area contributed by atoms with Crippen molar-refractivity contribution >= 4 is 18.5 Å². The van der Waals surface area contributed by atoms with Gasteiger partial charge in [-0.05, 0) is 70.8 Å². The van der Waals surface area contributed by atoms with Gasteiger partial charge in [-0.15, -0.1) is 0 Å². The summed E-state index contributed by atoms with van der Waals surface area (Å²) in [6.07, 6.45) is 8.87. The average molecular weight is 371 g/mol. The highest BCUT2D eigenvalue weighted by Crippen LogP contribution is 2.36. The predicted molar refractivity (Wildman–Crippen MR) is 112 cm³/mol. The van der Waals surface area contributed by atoms with Crippen molar-refractivity contribution in [3.63, 3.8) is 0 Å². The van der Waals surface area contributed by atoms with E-state index in [2.05, 4.69) is 46.8 Å². The predicted octanol–water partition coefficient (Wildman–Crippen LogP) is 3.77. The third-order valence-electron chi connectivity index (χ3n) is 5.72. The summed E-state index contributed by atoms with van der Waals surface area (Å²) in [5.41, 5.74) is 7.03. The van der Waals surface area contributed by atoms with Crippen LogP contribution in [0.15, 0.2) is 36.4 Å². The largest absolute Gasteiger partial charge is 0.494 e. The van der Waals surface area contributed by atoms with Gasteiger partial charge in [-0.1, -0.05) is 43.3 Å². The van der Waals surface area contributed by atoms with Gasteiger partial charge in [0.15, 0.2) is 0 Å². The Bertz CT molecular complexity index is 636. The molecule has 0 saturated carbocycles. The summed E-state index contributed by atoms with van der Waals surface area (Å²) < 4.78 is 12.2. The maximum Gasteiger partial charge on any atom is 0.494 e. The molecule has 2 N–H and O–H groups in total. The molecule has 1 aromatic carbocycles. The van der Waals surface area contributed by atoms with Crippen LogP contribution in [0.5, 0.6) is 0 Å². The first-order valence-corrected chi connectivity index (χ1v) is 10.0. The Morgan fingerprint density at radius 2 is 1.70 bits per heavy atom. The van der Waals surface area contributed by atoms with E-state index in [1.54, 1.807) is 0 Å². The van der Waals surface area contributed by atoms with Gasteiger partial charge in [-0.3, -0.25) is 4.79 Å². The lowest BCUT2D eigenvalue weighted by Crippen LogP contribution is -2.41. The summed E-state index contributed by atoms with van der Waals surface area (Å²) >= 11 is 0. The van der Waals surface area contributed by atoms with Gasteiger partial charge in [-0.25, -0.2) is 0 Å². The van der Waals surface area contributed by atoms with Crippen LogP contribution in [0.4, 0.5) is 0 Å². The maximum atomic E-state index is 11.8. The Labute approximate surface area is 164 Å². The second-order valence-corrected chi connectivity index (χ2v) is 8.44. The van der Waals surface area contributed by atoms with Gasteiger partial charge < -0.3 is 15.0 Å². The Morgan fingerprint density at radius 3 is 2.22 bits per heavy atom. The van der Waals surface area contributed by atoms with E-state index < -0.39 is 0 Å². The summed E-state index contributed by atoms with van der Waals surface area (Å²) in [6, 6.07) is 8.15. The van der Waals surface area contributed by atoms with Gasteiger partial charge in [0.05, 0.1) is 11.2 Å². The van der Waals surface area contributed by atoms with Crippen LogP contribution in [0, 0.1) is 5.92 Å². The average Bonchev–Trinajstić information content (AvgIpc) is 2.81. The summed E-state index contributed by atoms with van der Waals surface area (Å²) in [5.74, 6) is -0.341. The van der Waals surface area contributed by atoms with Crippen LogP contribution < -0.4 is 11.2 Å². The van der Waals surface area contributed by atoms with E-state index in [0.717, 1.165) is 36.7 Å². The number of rotatable bonds is 9. The van der Waals surface area contributed by atoms with Gasteiger partial charge in [-0.2, -0.15) is 0 Å². The Morgan fingerprint density at radius 1 is 1.11 bits per heavy atom. The number of carbonyl (C=O) groups excluding carboxylic acids is 1. The molecule has 0 bridgehead atoms. The number of allylic oxidation sites excluding steroid dienone is 2. The molecular weight excluding hydrogens is 337 g/mol. The van der Waals surface area contributed by atoms with E-state index in [0.29, 0.717) is 6.42 Å². The molecule has 1 amide bonds. The van der Waals surface area contributed by atoms with Crippen LogP contribution in [0.25, 0.3) is 0 Å². The highest BCUT2D eigenvalue weighted by molar-refractivity contribution is 6.62. The summed E-state index contributed by atoms with van der Waals surface area (Å²) in [6.45, 7) is 10.3. The first-order chi connectivity index (χ1) is 12.7. The van der Waals surface area contributed by atoms with Crippen molar-refractivity contribution in [1.82, 2.24) is 0 Å². The molecule has 1 saturated heterocycles. The summed E-state index contributed by atoms with van der Waals surface area (Å²) in [5, 5.41) is 0. The molecule has 2 rings (SSSR count). The lowest BCUT2D eigenvalue weighted by atomic mass is 9.78. The van der Waals surface area contributed by atoms with Crippen molar-refractivity contribution in [3.05, 3.63) is 42.0 Å². The van der Waals surface area contributed by atoms with Crippen LogP contribution in [-0.4, -0.2) is 24.2 Å². The molecule has 27 heavy (non-hydrogen) atoms. The number of hydrogen-bond acceptors (Lipinski definition) is 3. The van der Waals surface area contributed by atoms with E-state index >= 15 is 0 Å². The number of primary amides is 1. The van der Waals surface area contributed by atoms with Crippen molar-refractivity contribution in [1.29, 1.82) is 0 Å². The quantitative estimate of drug-likeness (QED) is 0.408. The zero-order valence-electron chi connectivity index (χ0n) is 17.5. The molecule has 1 atom stereocenters. The SMILES string of the molecule is CCC=CCCCC(Cc1ccc(B2OC(C)(C)C(C)(C)O2)cc1)C(N)=O. The molecule has 5 heteroatoms. The molecule has 1 aliphatic heterocycles. The molecule has 1 aliphatic rings. The Kier molecular flexibility index (Phi) is 7.29. The lowest BCUT2D eigenvalue weighted by molar-refractivity contribution is -0.122. The smallest absolute Gasteiger partial charge is 0.399 e. The van der Waals surface area contributed by atoms with Crippen LogP contribution in [0.3, 0.4) is 0 Å². The van der Waals surface area contributed by atoms with Gasteiger partial charge in [0.1, 0.15) is 0 Å². The van der Waals surface area contributed by atoms with E-state index in [1.807, 2.05) is 24.3 Å². The topological polar surface area (TPSA) is 61.6 Å². The minimum Gasteiger partial charge on any atom is -0.399 e. The molecule has 1 fully saturated rings. The zero-order valence-corrected chi connectivity index (χ0v) is 17.5. The van der Waals surface area contributed by atoms with Gasteiger partial charge in [0.25, 0.3) is 0 Å². The first kappa shape index (κ1) is 21.7. The fourth-order valence-electron chi connectivity index (χ4n) is 3.19. The number of nitrogens with two attached hydrogens (primary N) is 1. The molecular formula is C22H34BNO3. The lowest BCUT2D eigenvalue weighted by Gasteiger charge is -2.32. The highest BCUT2D eigenvalue weighted by Gasteiger charge is 2.51. The number of benzene rings is 1. The van der Waals surface area contributed by atoms with Crippen molar-refractivity contribution in [2.24, 2.45) is 11.7 Å². The highest BCUT2D eigenvalue weighted by atomic mass is 16.7. The van der Waals surface area contributed by atoms with E-state index in [4.69, 9.17) is 15.0 Å². The monoisotopic (exact) mass is 371 g/mol. The second-order valence-electron chi connectivity index (χ2n) is 8.44. The van der Waals surface area contributed by atoms with Crippen molar-refractivity contribution in [2.75, 3.05) is 0 Å². The molecule has 0 aliphatic carbocycles. The molecule has 148 valence electrons. The fourth-order valence-corrected chi connectivity index (χ4v) is 3.19. The standard InChI is InChI=1S/C22H34BNO3/c1-6-7-8-9-10-11-18(20(24)25)16-17-12-14-19(15-13-17)23-26-21(2,3)22(4,5)27-23/h7-8,12-15,18H,6,9-11,16H2,1-5H3,(H2,24,25). The number of unbranched alkanes of at least 4 members (excludes halogenated alkanes) is 1. The minimum atomic E-state index is -0.360. The van der Waals surface area contributed by atoms with E-state index in [9.17, 15) is 4.79 Å². The van der Waals surface area contributed by atoms with Crippen molar-refractivity contribution in [3.8, 4) is 0 Å². The second kappa shape index (κ2) is 9.07. The fraction of sp³-hybridized carbons (Fsp3) is 0.591. The van der Waals surface area contributed by atoms with Crippen molar-refractivity contribution < 1.29 is 14.1 Å². The zero-order chi connectivity index (χ0) is 20.1. The molecule has 1 heterocycles. The molecule has 0 radical (unpaired) electrons. The minimum absolute atomic E-state index is 0.122. The number of carbonyl (C=O) groups is 1. The first-order valence-electron chi connectivity index (χ1n) is 10.0.